The van der Waals surface area contributed by atoms with Gasteiger partial charge < -0.3 is 14.5 Å². The molecule has 0 radical (unpaired) electrons. The fourth-order valence-electron chi connectivity index (χ4n) is 1.90. The second-order valence-electron chi connectivity index (χ2n) is 5.92. The van der Waals surface area contributed by atoms with Gasteiger partial charge >= 0.3 is 6.08 Å². The molecule has 0 spiro atoms. The Hall–Kier alpha value is -1.81. The van der Waals surface area contributed by atoms with Crippen molar-refractivity contribution in [2.24, 2.45) is 0 Å². The van der Waals surface area contributed by atoms with Gasteiger partial charge in [0.25, 0.3) is 0 Å². The van der Waals surface area contributed by atoms with Crippen LogP contribution in [-0.4, -0.2) is 11.0 Å². The molecule has 114 valence electrons. The number of aryl methyl sites for hydroxylation is 1. The molecule has 0 unspecified atom stereocenters. The Bertz CT molecular complexity index is 588. The minimum absolute atomic E-state index is 0.291. The second-order valence-corrected chi connectivity index (χ2v) is 5.92. The van der Waals surface area contributed by atoms with Crippen molar-refractivity contribution in [3.63, 3.8) is 0 Å². The van der Waals surface area contributed by atoms with Crippen LogP contribution >= 0.6 is 0 Å². The van der Waals surface area contributed by atoms with E-state index >= 15 is 0 Å². The molecule has 4 nitrogen and oxygen atoms in total. The zero-order chi connectivity index (χ0) is 15.4. The van der Waals surface area contributed by atoms with Crippen molar-refractivity contribution in [2.75, 3.05) is 0 Å². The van der Waals surface area contributed by atoms with Crippen LogP contribution < -0.4 is 10.1 Å². The van der Waals surface area contributed by atoms with Gasteiger partial charge in [-0.25, -0.2) is 0 Å². The minimum atomic E-state index is 0.291. The van der Waals surface area contributed by atoms with Gasteiger partial charge in [-0.1, -0.05) is 39.8 Å². The van der Waals surface area contributed by atoms with Crippen LogP contribution in [0.3, 0.4) is 0 Å². The summed E-state index contributed by atoms with van der Waals surface area (Å²) in [6.07, 6.45) is 1.92. The molecule has 1 aromatic carbocycles. The number of hydrogen-bond acceptors (Lipinski definition) is 4. The summed E-state index contributed by atoms with van der Waals surface area (Å²) < 4.78 is 11.2. The van der Waals surface area contributed by atoms with Crippen LogP contribution in [0.2, 0.25) is 0 Å². The summed E-state index contributed by atoms with van der Waals surface area (Å²) in [5.74, 6) is 1.26. The smallest absolute Gasteiger partial charge is 0.399 e. The third-order valence-corrected chi connectivity index (χ3v) is 3.30. The highest BCUT2D eigenvalue weighted by atomic mass is 16.6. The van der Waals surface area contributed by atoms with E-state index in [-0.39, 0.29) is 0 Å². The van der Waals surface area contributed by atoms with Crippen LogP contribution in [0.5, 0.6) is 11.8 Å². The van der Waals surface area contributed by atoms with Crippen molar-refractivity contribution in [1.82, 2.24) is 10.3 Å². The first-order chi connectivity index (χ1) is 9.95. The fourth-order valence-corrected chi connectivity index (χ4v) is 1.90. The molecular weight excluding hydrogens is 264 g/mol. The first-order valence-electron chi connectivity index (χ1n) is 7.42. The third-order valence-electron chi connectivity index (χ3n) is 3.30. The largest absolute Gasteiger partial charge is 0.417 e. The molecule has 2 rings (SSSR count). The number of hydrogen-bond donors (Lipinski definition) is 1. The number of benzene rings is 1. The number of nitrogens with one attached hydrogen (secondary N) is 1. The topological polar surface area (TPSA) is 47.3 Å². The molecule has 4 heteroatoms. The Balaban J connectivity index is 2.09. The first-order valence-corrected chi connectivity index (χ1v) is 7.42. The molecule has 0 atom stereocenters. The molecule has 0 saturated carbocycles. The van der Waals surface area contributed by atoms with E-state index in [1.807, 2.05) is 6.92 Å². The number of ether oxygens (including phenoxy) is 1. The average Bonchev–Trinajstić information content (AvgIpc) is 2.86. The Kier molecular flexibility index (Phi) is 5.02. The van der Waals surface area contributed by atoms with Crippen molar-refractivity contribution < 1.29 is 9.15 Å². The van der Waals surface area contributed by atoms with Crippen LogP contribution in [0.1, 0.15) is 50.4 Å². The van der Waals surface area contributed by atoms with Crippen LogP contribution in [0.4, 0.5) is 0 Å². The normalized spacial score (nSPS) is 11.4. The molecule has 2 aromatic rings. The first kappa shape index (κ1) is 15.6. The van der Waals surface area contributed by atoms with Crippen molar-refractivity contribution in [1.29, 1.82) is 0 Å². The lowest BCUT2D eigenvalue weighted by atomic mass is 10.0. The minimum Gasteiger partial charge on any atom is -0.417 e. The maximum absolute atomic E-state index is 5.78. The van der Waals surface area contributed by atoms with Crippen molar-refractivity contribution in [3.05, 3.63) is 41.3 Å². The number of oxazole rings is 1. The summed E-state index contributed by atoms with van der Waals surface area (Å²) in [6, 6.07) is 6.65. The second kappa shape index (κ2) is 6.76. The van der Waals surface area contributed by atoms with Crippen LogP contribution in [0, 0.1) is 6.92 Å². The molecule has 0 bridgehead atoms. The summed E-state index contributed by atoms with van der Waals surface area (Å²) in [4.78, 5) is 4.34. The number of rotatable bonds is 6. The molecule has 0 saturated heterocycles. The fraction of sp³-hybridized carbons (Fsp3) is 0.471. The van der Waals surface area contributed by atoms with E-state index in [0.717, 1.165) is 17.0 Å². The quantitative estimate of drug-likeness (QED) is 0.856. The van der Waals surface area contributed by atoms with Gasteiger partial charge in [0.05, 0.1) is 5.69 Å². The molecule has 1 aromatic heterocycles. The summed E-state index contributed by atoms with van der Waals surface area (Å²) >= 11 is 0. The van der Waals surface area contributed by atoms with Gasteiger partial charge in [-0.2, -0.15) is 4.98 Å². The molecule has 21 heavy (non-hydrogen) atoms. The molecule has 1 N–H and O–H groups in total. The zero-order valence-corrected chi connectivity index (χ0v) is 13.4. The van der Waals surface area contributed by atoms with Gasteiger partial charge in [0.15, 0.2) is 0 Å². The molecule has 0 aliphatic rings. The van der Waals surface area contributed by atoms with E-state index < -0.39 is 0 Å². The number of aromatic nitrogens is 1. The maximum Gasteiger partial charge on any atom is 0.399 e. The molecule has 0 aliphatic carbocycles. The van der Waals surface area contributed by atoms with Gasteiger partial charge in [-0.3, -0.25) is 0 Å². The van der Waals surface area contributed by atoms with Crippen LogP contribution in [0.15, 0.2) is 28.9 Å². The van der Waals surface area contributed by atoms with E-state index in [0.29, 0.717) is 24.6 Å². The average molecular weight is 288 g/mol. The predicted molar refractivity (Wildman–Crippen MR) is 83.8 cm³/mol. The van der Waals surface area contributed by atoms with E-state index in [9.17, 15) is 0 Å². The third kappa shape index (κ3) is 4.33. The SMILES string of the molecule is Cc1ccc(C(C)C)cc1Oc1nc(CNC(C)C)co1. The number of nitrogens with zero attached hydrogens (tertiary/aromatic N) is 1. The molecule has 1 heterocycles. The van der Waals surface area contributed by atoms with Gasteiger partial charge in [-0.15, -0.1) is 0 Å². The highest BCUT2D eigenvalue weighted by Gasteiger charge is 2.10. The summed E-state index contributed by atoms with van der Waals surface area (Å²) in [6.45, 7) is 11.2. The maximum atomic E-state index is 5.78. The van der Waals surface area contributed by atoms with E-state index in [2.05, 4.69) is 56.2 Å². The lowest BCUT2D eigenvalue weighted by Gasteiger charge is -2.10. The lowest BCUT2D eigenvalue weighted by Crippen LogP contribution is -2.21. The Morgan fingerprint density at radius 3 is 2.67 bits per heavy atom. The Morgan fingerprint density at radius 2 is 2.00 bits per heavy atom. The lowest BCUT2D eigenvalue weighted by molar-refractivity contribution is 0.329. The van der Waals surface area contributed by atoms with Crippen LogP contribution in [0.25, 0.3) is 0 Å². The van der Waals surface area contributed by atoms with E-state index in [1.165, 1.54) is 5.56 Å². The highest BCUT2D eigenvalue weighted by Crippen LogP contribution is 2.28. The van der Waals surface area contributed by atoms with E-state index in [4.69, 9.17) is 9.15 Å². The van der Waals surface area contributed by atoms with Crippen LogP contribution in [-0.2, 0) is 6.54 Å². The zero-order valence-electron chi connectivity index (χ0n) is 13.4. The molecule has 0 amide bonds. The predicted octanol–water partition coefficient (Wildman–Crippen LogP) is 4.40. The monoisotopic (exact) mass is 288 g/mol. The Labute approximate surface area is 126 Å². The molecule has 0 fully saturated rings. The Morgan fingerprint density at radius 1 is 1.24 bits per heavy atom. The van der Waals surface area contributed by atoms with Crippen molar-refractivity contribution in [2.45, 2.75) is 53.1 Å². The van der Waals surface area contributed by atoms with E-state index in [1.54, 1.807) is 6.26 Å². The van der Waals surface area contributed by atoms with Crippen molar-refractivity contribution in [3.8, 4) is 11.8 Å². The molecule has 0 aliphatic heterocycles. The van der Waals surface area contributed by atoms with Gasteiger partial charge in [0, 0.05) is 12.6 Å². The standard InChI is InChI=1S/C17H24N2O2/c1-11(2)14-7-6-13(5)16(8-14)21-17-19-15(10-20-17)9-18-12(3)4/h6-8,10-12,18H,9H2,1-5H3. The summed E-state index contributed by atoms with van der Waals surface area (Å²) in [5.41, 5.74) is 3.15. The molecular formula is C17H24N2O2. The van der Waals surface area contributed by atoms with Gasteiger partial charge in [-0.05, 0) is 30.0 Å². The summed E-state index contributed by atoms with van der Waals surface area (Å²) in [5, 5.41) is 3.30. The van der Waals surface area contributed by atoms with Gasteiger partial charge in [0.2, 0.25) is 0 Å². The van der Waals surface area contributed by atoms with Crippen molar-refractivity contribution >= 4 is 0 Å². The summed E-state index contributed by atoms with van der Waals surface area (Å²) in [7, 11) is 0. The van der Waals surface area contributed by atoms with Gasteiger partial charge in [0.1, 0.15) is 12.0 Å². The highest BCUT2D eigenvalue weighted by molar-refractivity contribution is 5.39.